The molecule has 4 heteroatoms. The van der Waals surface area contributed by atoms with E-state index in [1.54, 1.807) is 0 Å². The summed E-state index contributed by atoms with van der Waals surface area (Å²) < 4.78 is 0. The summed E-state index contributed by atoms with van der Waals surface area (Å²) in [5.41, 5.74) is 2.52. The Morgan fingerprint density at radius 3 is 2.43 bits per heavy atom. The van der Waals surface area contributed by atoms with E-state index in [-0.39, 0.29) is 0 Å². The van der Waals surface area contributed by atoms with Crippen molar-refractivity contribution in [2.45, 2.75) is 45.1 Å². The molecule has 1 unspecified atom stereocenters. The lowest BCUT2D eigenvalue weighted by atomic mass is 10.0. The van der Waals surface area contributed by atoms with Crippen molar-refractivity contribution in [3.05, 3.63) is 45.4 Å². The monoisotopic (exact) mass is 320 g/mol. The maximum Gasteiger partial charge on any atom is 0.0949 e. The number of hydrogen-bond donors (Lipinski definition) is 1. The van der Waals surface area contributed by atoms with E-state index in [0.29, 0.717) is 6.04 Å². The van der Waals surface area contributed by atoms with E-state index < -0.39 is 0 Å². The van der Waals surface area contributed by atoms with Gasteiger partial charge in [-0.15, -0.1) is 23.1 Å². The average Bonchev–Trinajstić information content (AvgIpc) is 2.78. The van der Waals surface area contributed by atoms with E-state index in [1.807, 2.05) is 23.1 Å². The molecule has 1 aromatic carbocycles. The highest BCUT2D eigenvalue weighted by molar-refractivity contribution is 7.99. The number of thioether (sulfide) groups is 1. The van der Waals surface area contributed by atoms with Crippen LogP contribution in [-0.4, -0.2) is 17.3 Å². The molecule has 1 aromatic heterocycles. The summed E-state index contributed by atoms with van der Waals surface area (Å²) in [7, 11) is 0. The molecular formula is C17H24N2S2. The molecule has 0 fully saturated rings. The minimum Gasteiger partial charge on any atom is -0.310 e. The third-order valence-corrected chi connectivity index (χ3v) is 5.48. The summed E-state index contributed by atoms with van der Waals surface area (Å²) in [5, 5.41) is 4.81. The minimum absolute atomic E-state index is 0.348. The van der Waals surface area contributed by atoms with Crippen molar-refractivity contribution in [3.63, 3.8) is 0 Å². The van der Waals surface area contributed by atoms with Gasteiger partial charge >= 0.3 is 0 Å². The van der Waals surface area contributed by atoms with Crippen molar-refractivity contribution in [1.82, 2.24) is 10.3 Å². The number of nitrogens with zero attached hydrogens (tertiary/aromatic N) is 1. The van der Waals surface area contributed by atoms with Crippen LogP contribution < -0.4 is 5.32 Å². The molecule has 0 radical (unpaired) electrons. The van der Waals surface area contributed by atoms with Gasteiger partial charge < -0.3 is 5.32 Å². The molecule has 2 rings (SSSR count). The molecule has 114 valence electrons. The van der Waals surface area contributed by atoms with E-state index in [2.05, 4.69) is 62.3 Å². The van der Waals surface area contributed by atoms with Gasteiger partial charge in [-0.25, -0.2) is 4.98 Å². The SMILES string of the molecule is CCNC(Cc1nc(C)c(C)s1)c1ccc(SCC)cc1. The second-order valence-corrected chi connectivity index (χ2v) is 7.69. The van der Waals surface area contributed by atoms with E-state index in [0.717, 1.165) is 18.7 Å². The Bertz CT molecular complexity index is 541. The molecular weight excluding hydrogens is 296 g/mol. The molecule has 0 saturated carbocycles. The molecule has 1 heterocycles. The molecule has 21 heavy (non-hydrogen) atoms. The Kier molecular flexibility index (Phi) is 6.27. The molecule has 1 N–H and O–H groups in total. The first-order chi connectivity index (χ1) is 10.1. The van der Waals surface area contributed by atoms with Crippen molar-refractivity contribution < 1.29 is 0 Å². The molecule has 2 nitrogen and oxygen atoms in total. The molecule has 2 aromatic rings. The Morgan fingerprint density at radius 2 is 1.90 bits per heavy atom. The lowest BCUT2D eigenvalue weighted by Crippen LogP contribution is -2.22. The van der Waals surface area contributed by atoms with Crippen LogP contribution in [0.5, 0.6) is 0 Å². The van der Waals surface area contributed by atoms with Crippen molar-refractivity contribution in [3.8, 4) is 0 Å². The van der Waals surface area contributed by atoms with Gasteiger partial charge in [0.1, 0.15) is 0 Å². The Labute approximate surface area is 136 Å². The van der Waals surface area contributed by atoms with Crippen molar-refractivity contribution in [1.29, 1.82) is 0 Å². The van der Waals surface area contributed by atoms with Crippen molar-refractivity contribution >= 4 is 23.1 Å². The molecule has 0 spiro atoms. The number of rotatable bonds is 7. The number of thiazole rings is 1. The second kappa shape index (κ2) is 7.97. The van der Waals surface area contributed by atoms with Crippen LogP contribution in [-0.2, 0) is 6.42 Å². The number of benzene rings is 1. The predicted octanol–water partition coefficient (Wildman–Crippen LogP) is 4.77. The molecule has 0 aliphatic rings. The summed E-state index contributed by atoms with van der Waals surface area (Å²) in [4.78, 5) is 7.35. The maximum absolute atomic E-state index is 4.68. The van der Waals surface area contributed by atoms with Crippen LogP contribution in [0.2, 0.25) is 0 Å². The van der Waals surface area contributed by atoms with Gasteiger partial charge in [0.05, 0.1) is 10.7 Å². The van der Waals surface area contributed by atoms with Gasteiger partial charge in [0.15, 0.2) is 0 Å². The highest BCUT2D eigenvalue weighted by atomic mass is 32.2. The fourth-order valence-corrected chi connectivity index (χ4v) is 3.96. The van der Waals surface area contributed by atoms with Gasteiger partial charge in [0.2, 0.25) is 0 Å². The highest BCUT2D eigenvalue weighted by Crippen LogP contribution is 2.25. The summed E-state index contributed by atoms with van der Waals surface area (Å²) in [6.07, 6.45) is 0.966. The highest BCUT2D eigenvalue weighted by Gasteiger charge is 2.14. The fourth-order valence-electron chi connectivity index (χ4n) is 2.32. The number of likely N-dealkylation sites (N-methyl/N-ethyl adjacent to an activating group) is 1. The third kappa shape index (κ3) is 4.56. The maximum atomic E-state index is 4.68. The van der Waals surface area contributed by atoms with Crippen molar-refractivity contribution in [2.24, 2.45) is 0 Å². The summed E-state index contributed by atoms with van der Waals surface area (Å²) in [5.74, 6) is 1.12. The molecule has 0 amide bonds. The average molecular weight is 321 g/mol. The van der Waals surface area contributed by atoms with Crippen LogP contribution in [0.25, 0.3) is 0 Å². The fraction of sp³-hybridized carbons (Fsp3) is 0.471. The van der Waals surface area contributed by atoms with Crippen LogP contribution >= 0.6 is 23.1 Å². The number of nitrogens with one attached hydrogen (secondary N) is 1. The quantitative estimate of drug-likeness (QED) is 0.744. The van der Waals surface area contributed by atoms with Crippen LogP contribution in [0.3, 0.4) is 0 Å². The van der Waals surface area contributed by atoms with E-state index >= 15 is 0 Å². The van der Waals surface area contributed by atoms with Gasteiger partial charge in [0.25, 0.3) is 0 Å². The second-order valence-electron chi connectivity index (χ2n) is 5.07. The smallest absolute Gasteiger partial charge is 0.0949 e. The van der Waals surface area contributed by atoms with Gasteiger partial charge in [-0.2, -0.15) is 0 Å². The molecule has 1 atom stereocenters. The topological polar surface area (TPSA) is 24.9 Å². The first-order valence-electron chi connectivity index (χ1n) is 7.53. The summed E-state index contributed by atoms with van der Waals surface area (Å²) in [6, 6.07) is 9.30. The normalized spacial score (nSPS) is 12.6. The van der Waals surface area contributed by atoms with Crippen LogP contribution in [0.4, 0.5) is 0 Å². The molecule has 0 aliphatic carbocycles. The zero-order valence-electron chi connectivity index (χ0n) is 13.3. The standard InChI is InChI=1S/C17H24N2S2/c1-5-18-16(11-17-19-12(3)13(4)21-17)14-7-9-15(10-8-14)20-6-2/h7-10,16,18H,5-6,11H2,1-4H3. The minimum atomic E-state index is 0.348. The van der Waals surface area contributed by atoms with Crippen LogP contribution in [0.15, 0.2) is 29.2 Å². The predicted molar refractivity (Wildman–Crippen MR) is 94.5 cm³/mol. The lowest BCUT2D eigenvalue weighted by Gasteiger charge is -2.17. The molecule has 0 aliphatic heterocycles. The van der Waals surface area contributed by atoms with Crippen LogP contribution in [0, 0.1) is 13.8 Å². The largest absolute Gasteiger partial charge is 0.310 e. The van der Waals surface area contributed by atoms with Crippen molar-refractivity contribution in [2.75, 3.05) is 12.3 Å². The van der Waals surface area contributed by atoms with E-state index in [1.165, 1.54) is 26.0 Å². The summed E-state index contributed by atoms with van der Waals surface area (Å²) >= 11 is 3.71. The molecule has 0 bridgehead atoms. The summed E-state index contributed by atoms with van der Waals surface area (Å²) in [6.45, 7) is 9.56. The Balaban J connectivity index is 2.13. The number of hydrogen-bond acceptors (Lipinski definition) is 4. The Morgan fingerprint density at radius 1 is 1.19 bits per heavy atom. The Hall–Kier alpha value is -0.840. The van der Waals surface area contributed by atoms with E-state index in [9.17, 15) is 0 Å². The van der Waals surface area contributed by atoms with Gasteiger partial charge in [0, 0.05) is 22.2 Å². The van der Waals surface area contributed by atoms with Gasteiger partial charge in [-0.05, 0) is 43.8 Å². The van der Waals surface area contributed by atoms with Crippen LogP contribution in [0.1, 0.15) is 41.0 Å². The van der Waals surface area contributed by atoms with Gasteiger partial charge in [-0.3, -0.25) is 0 Å². The first-order valence-corrected chi connectivity index (χ1v) is 9.33. The third-order valence-electron chi connectivity index (χ3n) is 3.50. The number of aromatic nitrogens is 1. The van der Waals surface area contributed by atoms with E-state index in [4.69, 9.17) is 0 Å². The van der Waals surface area contributed by atoms with Gasteiger partial charge in [-0.1, -0.05) is 26.0 Å². The lowest BCUT2D eigenvalue weighted by molar-refractivity contribution is 0.548. The molecule has 0 saturated heterocycles. The first kappa shape index (κ1) is 16.5. The zero-order chi connectivity index (χ0) is 15.2. The zero-order valence-corrected chi connectivity index (χ0v) is 14.9. The number of aryl methyl sites for hydroxylation is 2.